The average Bonchev–Trinajstić information content (AvgIpc) is 2.23. The Bertz CT molecular complexity index is 329. The molecule has 0 amide bonds. The van der Waals surface area contributed by atoms with E-state index in [1.54, 1.807) is 12.3 Å². The highest BCUT2D eigenvalue weighted by atomic mass is 127. The van der Waals surface area contributed by atoms with Crippen molar-refractivity contribution < 1.29 is 9.13 Å². The summed E-state index contributed by atoms with van der Waals surface area (Å²) < 4.78 is 19.4. The molecule has 0 aromatic carbocycles. The smallest absolute Gasteiger partial charge is 0.178 e. The van der Waals surface area contributed by atoms with Crippen LogP contribution in [0.3, 0.4) is 0 Å². The summed E-state index contributed by atoms with van der Waals surface area (Å²) in [5.41, 5.74) is 0. The zero-order valence-electron chi connectivity index (χ0n) is 7.54. The Balaban J connectivity index is 2.26. The van der Waals surface area contributed by atoms with E-state index >= 15 is 0 Å². The van der Waals surface area contributed by atoms with Crippen LogP contribution in [0.2, 0.25) is 0 Å². The number of hydrogen-bond acceptors (Lipinski definition) is 3. The molecule has 5 heteroatoms. The van der Waals surface area contributed by atoms with Crippen molar-refractivity contribution in [2.24, 2.45) is 0 Å². The molecule has 1 aliphatic rings. The van der Waals surface area contributed by atoms with E-state index < -0.39 is 0 Å². The number of nitrogens with zero attached hydrogens (tertiary/aromatic N) is 2. The van der Waals surface area contributed by atoms with Crippen molar-refractivity contribution in [1.82, 2.24) is 4.98 Å². The molecule has 0 unspecified atom stereocenters. The van der Waals surface area contributed by atoms with Crippen molar-refractivity contribution in [3.8, 4) is 0 Å². The van der Waals surface area contributed by atoms with Crippen LogP contribution in [0.4, 0.5) is 10.2 Å². The lowest BCUT2D eigenvalue weighted by Gasteiger charge is -2.28. The van der Waals surface area contributed by atoms with Crippen molar-refractivity contribution in [3.63, 3.8) is 0 Å². The molecule has 1 aromatic rings. The van der Waals surface area contributed by atoms with Gasteiger partial charge in [-0.1, -0.05) is 0 Å². The first-order valence-electron chi connectivity index (χ1n) is 4.42. The first-order chi connectivity index (χ1) is 6.79. The number of morpholine rings is 1. The first-order valence-corrected chi connectivity index (χ1v) is 5.49. The van der Waals surface area contributed by atoms with Crippen molar-refractivity contribution >= 4 is 28.4 Å². The fraction of sp³-hybridized carbons (Fsp3) is 0.444. The number of anilines is 1. The minimum absolute atomic E-state index is 0.227. The number of ether oxygens (including phenoxy) is 1. The Kier molecular flexibility index (Phi) is 3.17. The number of aromatic nitrogens is 1. The molecule has 1 saturated heterocycles. The van der Waals surface area contributed by atoms with Crippen LogP contribution in [0, 0.1) is 9.39 Å². The fourth-order valence-corrected chi connectivity index (χ4v) is 1.81. The normalized spacial score (nSPS) is 17.1. The van der Waals surface area contributed by atoms with Gasteiger partial charge in [0.2, 0.25) is 0 Å². The third-order valence-electron chi connectivity index (χ3n) is 2.13. The molecule has 0 N–H and O–H groups in total. The molecule has 0 saturated carbocycles. The fourth-order valence-electron chi connectivity index (χ4n) is 1.41. The predicted molar refractivity (Wildman–Crippen MR) is 59.9 cm³/mol. The summed E-state index contributed by atoms with van der Waals surface area (Å²) >= 11 is 1.97. The van der Waals surface area contributed by atoms with Crippen LogP contribution in [0.5, 0.6) is 0 Å². The van der Waals surface area contributed by atoms with Gasteiger partial charge >= 0.3 is 0 Å². The van der Waals surface area contributed by atoms with E-state index in [4.69, 9.17) is 4.74 Å². The van der Waals surface area contributed by atoms with Gasteiger partial charge in [-0.05, 0) is 28.7 Å². The Morgan fingerprint density at radius 2 is 2.14 bits per heavy atom. The summed E-state index contributed by atoms with van der Waals surface area (Å²) in [6.07, 6.45) is 1.63. The van der Waals surface area contributed by atoms with E-state index in [0.717, 1.165) is 0 Å². The minimum Gasteiger partial charge on any atom is -0.378 e. The highest BCUT2D eigenvalue weighted by Crippen LogP contribution is 2.21. The van der Waals surface area contributed by atoms with Gasteiger partial charge in [-0.25, -0.2) is 9.37 Å². The van der Waals surface area contributed by atoms with Crippen LogP contribution >= 0.6 is 22.6 Å². The summed E-state index contributed by atoms with van der Waals surface area (Å²) in [6.45, 7) is 2.72. The van der Waals surface area contributed by atoms with Gasteiger partial charge in [0.25, 0.3) is 0 Å². The maximum absolute atomic E-state index is 13.6. The molecule has 1 fully saturated rings. The average molecular weight is 308 g/mol. The van der Waals surface area contributed by atoms with Crippen LogP contribution in [0.15, 0.2) is 12.3 Å². The number of rotatable bonds is 1. The van der Waals surface area contributed by atoms with Gasteiger partial charge in [-0.15, -0.1) is 0 Å². The lowest BCUT2D eigenvalue weighted by Crippen LogP contribution is -2.37. The Morgan fingerprint density at radius 3 is 2.86 bits per heavy atom. The van der Waals surface area contributed by atoms with E-state index in [1.807, 2.05) is 27.5 Å². The zero-order valence-corrected chi connectivity index (χ0v) is 9.70. The summed E-state index contributed by atoms with van der Waals surface area (Å²) in [5, 5.41) is 0. The molecule has 2 rings (SSSR count). The van der Waals surface area contributed by atoms with Crippen LogP contribution in [0.25, 0.3) is 0 Å². The molecule has 14 heavy (non-hydrogen) atoms. The summed E-state index contributed by atoms with van der Waals surface area (Å²) in [6, 6.07) is 1.67. The molecule has 2 heterocycles. The Morgan fingerprint density at radius 1 is 1.43 bits per heavy atom. The van der Waals surface area contributed by atoms with E-state index in [0.29, 0.717) is 35.7 Å². The molecule has 0 radical (unpaired) electrons. The van der Waals surface area contributed by atoms with Gasteiger partial charge in [-0.3, -0.25) is 0 Å². The van der Waals surface area contributed by atoms with E-state index in [2.05, 4.69) is 4.98 Å². The molecule has 0 atom stereocenters. The molecule has 3 nitrogen and oxygen atoms in total. The Labute approximate surface area is 95.4 Å². The third kappa shape index (κ3) is 1.98. The predicted octanol–water partition coefficient (Wildman–Crippen LogP) is 1.66. The molecule has 0 spiro atoms. The quantitative estimate of drug-likeness (QED) is 0.738. The maximum Gasteiger partial charge on any atom is 0.178 e. The first kappa shape index (κ1) is 10.1. The molecule has 0 aliphatic carbocycles. The van der Waals surface area contributed by atoms with Gasteiger partial charge in [-0.2, -0.15) is 0 Å². The minimum atomic E-state index is -0.227. The summed E-state index contributed by atoms with van der Waals surface area (Å²) in [7, 11) is 0. The zero-order chi connectivity index (χ0) is 9.97. The largest absolute Gasteiger partial charge is 0.378 e. The number of halogens is 2. The topological polar surface area (TPSA) is 25.4 Å². The third-order valence-corrected chi connectivity index (χ3v) is 2.97. The second-order valence-electron chi connectivity index (χ2n) is 3.03. The summed E-state index contributed by atoms with van der Waals surface area (Å²) in [4.78, 5) is 5.97. The van der Waals surface area contributed by atoms with Gasteiger partial charge < -0.3 is 9.64 Å². The second kappa shape index (κ2) is 4.39. The Hall–Kier alpha value is -0.430. The standard InChI is InChI=1S/C9H10FIN2O/c10-8-7(11)1-2-12-9(8)13-3-5-14-6-4-13/h1-2H,3-6H2. The SMILES string of the molecule is Fc1c(I)ccnc1N1CCOCC1. The molecule has 1 aliphatic heterocycles. The van der Waals surface area contributed by atoms with E-state index in [9.17, 15) is 4.39 Å². The van der Waals surface area contributed by atoms with Gasteiger partial charge in [0.05, 0.1) is 16.8 Å². The summed E-state index contributed by atoms with van der Waals surface area (Å²) in [5.74, 6) is 0.218. The number of hydrogen-bond donors (Lipinski definition) is 0. The highest BCUT2D eigenvalue weighted by Gasteiger charge is 2.17. The van der Waals surface area contributed by atoms with Crippen molar-refractivity contribution in [2.45, 2.75) is 0 Å². The molecule has 1 aromatic heterocycles. The van der Waals surface area contributed by atoms with Crippen molar-refractivity contribution in [1.29, 1.82) is 0 Å². The van der Waals surface area contributed by atoms with Gasteiger partial charge in [0.1, 0.15) is 0 Å². The van der Waals surface area contributed by atoms with E-state index in [1.165, 1.54) is 0 Å². The monoisotopic (exact) mass is 308 g/mol. The van der Waals surface area contributed by atoms with Crippen molar-refractivity contribution in [2.75, 3.05) is 31.2 Å². The molecule has 0 bridgehead atoms. The van der Waals surface area contributed by atoms with Crippen LogP contribution in [-0.4, -0.2) is 31.3 Å². The van der Waals surface area contributed by atoms with Crippen LogP contribution < -0.4 is 4.90 Å². The van der Waals surface area contributed by atoms with Gasteiger partial charge in [0.15, 0.2) is 11.6 Å². The molecular formula is C9H10FIN2O. The lowest BCUT2D eigenvalue weighted by molar-refractivity contribution is 0.122. The van der Waals surface area contributed by atoms with E-state index in [-0.39, 0.29) is 5.82 Å². The van der Waals surface area contributed by atoms with Gasteiger partial charge in [0, 0.05) is 19.3 Å². The number of pyridine rings is 1. The molecular weight excluding hydrogens is 298 g/mol. The van der Waals surface area contributed by atoms with Crippen LogP contribution in [-0.2, 0) is 4.74 Å². The van der Waals surface area contributed by atoms with Crippen molar-refractivity contribution in [3.05, 3.63) is 21.7 Å². The second-order valence-corrected chi connectivity index (χ2v) is 4.19. The lowest BCUT2D eigenvalue weighted by atomic mass is 10.3. The maximum atomic E-state index is 13.6. The highest BCUT2D eigenvalue weighted by molar-refractivity contribution is 14.1. The molecule has 76 valence electrons. The van der Waals surface area contributed by atoms with Crippen LogP contribution in [0.1, 0.15) is 0 Å².